The van der Waals surface area contributed by atoms with Gasteiger partial charge in [-0.25, -0.2) is 0 Å². The third kappa shape index (κ3) is 2.83. The summed E-state index contributed by atoms with van der Waals surface area (Å²) in [5.41, 5.74) is 1.09. The lowest BCUT2D eigenvalue weighted by atomic mass is 10.1. The summed E-state index contributed by atoms with van der Waals surface area (Å²) in [6, 6.07) is 0. The van der Waals surface area contributed by atoms with E-state index >= 15 is 0 Å². The quantitative estimate of drug-likeness (QED) is 0.338. The van der Waals surface area contributed by atoms with Crippen molar-refractivity contribution < 1.29 is 0 Å². The maximum Gasteiger partial charge on any atom is 0.127 e. The number of allylic oxidation sites excluding steroid dienone is 2. The average molecular weight is 158 g/mol. The number of hydrogen-bond donors (Lipinski definition) is 0. The summed E-state index contributed by atoms with van der Waals surface area (Å²) >= 11 is 5.71. The summed E-state index contributed by atoms with van der Waals surface area (Å²) in [6.07, 6.45) is 3.52. The molecule has 0 saturated heterocycles. The van der Waals surface area contributed by atoms with Gasteiger partial charge >= 0.3 is 0 Å². The van der Waals surface area contributed by atoms with Crippen molar-refractivity contribution in [2.75, 3.05) is 0 Å². The van der Waals surface area contributed by atoms with Gasteiger partial charge in [-0.3, -0.25) is 4.99 Å². The number of aliphatic imine (C=N–C) groups is 1. The van der Waals surface area contributed by atoms with Crippen LogP contribution in [0.4, 0.5) is 0 Å². The van der Waals surface area contributed by atoms with Crippen molar-refractivity contribution in [1.82, 2.24) is 0 Å². The van der Waals surface area contributed by atoms with E-state index < -0.39 is 0 Å². The molecule has 0 amide bonds. The fourth-order valence-corrected chi connectivity index (χ4v) is 0.871. The lowest BCUT2D eigenvalue weighted by Crippen LogP contribution is -1.80. The molecular weight excluding hydrogens is 146 g/mol. The molecule has 2 heteroatoms. The molecule has 0 saturated carbocycles. The molecule has 0 aromatic carbocycles. The number of halogens is 1. The fourth-order valence-electron chi connectivity index (χ4n) is 0.660. The number of rotatable bonds is 4. The summed E-state index contributed by atoms with van der Waals surface area (Å²) in [4.78, 5) is 3.63. The highest BCUT2D eigenvalue weighted by atomic mass is 35.5. The first-order valence-electron chi connectivity index (χ1n) is 3.21. The van der Waals surface area contributed by atoms with Gasteiger partial charge in [0.05, 0.1) is 0 Å². The van der Waals surface area contributed by atoms with E-state index in [1.807, 2.05) is 13.0 Å². The van der Waals surface area contributed by atoms with Gasteiger partial charge in [0.15, 0.2) is 0 Å². The van der Waals surface area contributed by atoms with Gasteiger partial charge in [-0.15, -0.1) is 6.58 Å². The predicted molar refractivity (Wildman–Crippen MR) is 47.5 cm³/mol. The molecule has 0 heterocycles. The largest absolute Gasteiger partial charge is 0.252 e. The second-order valence-electron chi connectivity index (χ2n) is 1.90. The standard InChI is InChI=1S/C8H12ClN/c1-4-6-7(5-2)8(9)10-3/h4H,1,3,5-6H2,2H3. The van der Waals surface area contributed by atoms with Crippen LogP contribution in [0.2, 0.25) is 0 Å². The van der Waals surface area contributed by atoms with Gasteiger partial charge in [0.2, 0.25) is 0 Å². The summed E-state index contributed by atoms with van der Waals surface area (Å²) < 4.78 is 0. The second kappa shape index (κ2) is 5.24. The van der Waals surface area contributed by atoms with Crippen LogP contribution in [0.25, 0.3) is 0 Å². The molecule has 0 aliphatic carbocycles. The van der Waals surface area contributed by atoms with Gasteiger partial charge in [0, 0.05) is 0 Å². The van der Waals surface area contributed by atoms with Gasteiger partial charge in [0.25, 0.3) is 0 Å². The first-order valence-corrected chi connectivity index (χ1v) is 3.59. The SMILES string of the molecule is C=CCC(CC)=C(Cl)N=C. The van der Waals surface area contributed by atoms with Gasteiger partial charge in [-0.2, -0.15) is 0 Å². The molecule has 10 heavy (non-hydrogen) atoms. The van der Waals surface area contributed by atoms with E-state index in [9.17, 15) is 0 Å². The van der Waals surface area contributed by atoms with E-state index in [2.05, 4.69) is 18.3 Å². The zero-order valence-corrected chi connectivity index (χ0v) is 6.99. The zero-order chi connectivity index (χ0) is 7.98. The van der Waals surface area contributed by atoms with Crippen LogP contribution in [0.15, 0.2) is 28.4 Å². The molecule has 0 atom stereocenters. The van der Waals surface area contributed by atoms with E-state index in [0.29, 0.717) is 5.16 Å². The first-order chi connectivity index (χ1) is 4.76. The Kier molecular flexibility index (Phi) is 4.95. The lowest BCUT2D eigenvalue weighted by Gasteiger charge is -1.99. The minimum atomic E-state index is 0.516. The third-order valence-corrected chi connectivity index (χ3v) is 1.63. The van der Waals surface area contributed by atoms with Gasteiger partial charge in [0.1, 0.15) is 5.16 Å². The van der Waals surface area contributed by atoms with E-state index in [0.717, 1.165) is 18.4 Å². The molecule has 0 spiro atoms. The molecule has 0 bridgehead atoms. The number of nitrogens with zero attached hydrogens (tertiary/aromatic N) is 1. The van der Waals surface area contributed by atoms with E-state index in [1.165, 1.54) is 0 Å². The molecule has 0 aromatic rings. The van der Waals surface area contributed by atoms with Gasteiger partial charge in [-0.05, 0) is 25.1 Å². The van der Waals surface area contributed by atoms with Crippen LogP contribution in [-0.4, -0.2) is 6.72 Å². The van der Waals surface area contributed by atoms with E-state index in [4.69, 9.17) is 11.6 Å². The first kappa shape index (κ1) is 9.44. The Morgan fingerprint density at radius 2 is 2.30 bits per heavy atom. The average Bonchev–Trinajstić information content (AvgIpc) is 1.99. The van der Waals surface area contributed by atoms with Crippen LogP contribution in [0.3, 0.4) is 0 Å². The molecule has 0 aromatic heterocycles. The molecule has 0 N–H and O–H groups in total. The Balaban J connectivity index is 4.27. The Morgan fingerprint density at radius 1 is 1.70 bits per heavy atom. The van der Waals surface area contributed by atoms with Crippen molar-refractivity contribution in [2.24, 2.45) is 4.99 Å². The minimum absolute atomic E-state index is 0.516. The van der Waals surface area contributed by atoms with Crippen molar-refractivity contribution in [3.63, 3.8) is 0 Å². The van der Waals surface area contributed by atoms with Crippen LogP contribution in [0.5, 0.6) is 0 Å². The third-order valence-electron chi connectivity index (χ3n) is 1.25. The van der Waals surface area contributed by atoms with Crippen LogP contribution < -0.4 is 0 Å². The van der Waals surface area contributed by atoms with E-state index in [-0.39, 0.29) is 0 Å². The van der Waals surface area contributed by atoms with Crippen LogP contribution >= 0.6 is 11.6 Å². The summed E-state index contributed by atoms with van der Waals surface area (Å²) in [7, 11) is 0. The maximum atomic E-state index is 5.71. The van der Waals surface area contributed by atoms with Crippen LogP contribution in [-0.2, 0) is 0 Å². The van der Waals surface area contributed by atoms with Gasteiger partial charge < -0.3 is 0 Å². The molecule has 1 nitrogen and oxygen atoms in total. The Hall–Kier alpha value is -0.560. The Morgan fingerprint density at radius 3 is 2.60 bits per heavy atom. The lowest BCUT2D eigenvalue weighted by molar-refractivity contribution is 1.01. The highest BCUT2D eigenvalue weighted by Crippen LogP contribution is 2.17. The molecule has 0 aliphatic rings. The summed E-state index contributed by atoms with van der Waals surface area (Å²) in [5.74, 6) is 0. The van der Waals surface area contributed by atoms with Crippen molar-refractivity contribution in [3.05, 3.63) is 23.4 Å². The summed E-state index contributed by atoms with van der Waals surface area (Å²) in [5, 5.41) is 0.516. The summed E-state index contributed by atoms with van der Waals surface area (Å²) in [6.45, 7) is 8.98. The monoisotopic (exact) mass is 157 g/mol. The second-order valence-corrected chi connectivity index (χ2v) is 2.26. The minimum Gasteiger partial charge on any atom is -0.252 e. The van der Waals surface area contributed by atoms with Crippen molar-refractivity contribution in [2.45, 2.75) is 19.8 Å². The molecule has 0 aliphatic heterocycles. The molecule has 56 valence electrons. The molecule has 0 rings (SSSR count). The van der Waals surface area contributed by atoms with Crippen molar-refractivity contribution in [1.29, 1.82) is 0 Å². The smallest absolute Gasteiger partial charge is 0.127 e. The Bertz CT molecular complexity index is 159. The highest BCUT2D eigenvalue weighted by Gasteiger charge is 1.96. The zero-order valence-electron chi connectivity index (χ0n) is 6.23. The predicted octanol–water partition coefficient (Wildman–Crippen LogP) is 3.12. The van der Waals surface area contributed by atoms with Crippen LogP contribution in [0, 0.1) is 0 Å². The molecule has 0 radical (unpaired) electrons. The number of hydrogen-bond acceptors (Lipinski definition) is 1. The van der Waals surface area contributed by atoms with E-state index in [1.54, 1.807) is 0 Å². The van der Waals surface area contributed by atoms with Crippen molar-refractivity contribution >= 4 is 18.3 Å². The molecule has 0 fully saturated rings. The fraction of sp³-hybridized carbons (Fsp3) is 0.375. The molecular formula is C8H12ClN. The topological polar surface area (TPSA) is 12.4 Å². The van der Waals surface area contributed by atoms with Crippen molar-refractivity contribution in [3.8, 4) is 0 Å². The normalized spacial score (nSPS) is 12.2. The van der Waals surface area contributed by atoms with Gasteiger partial charge in [-0.1, -0.05) is 24.6 Å². The maximum absolute atomic E-state index is 5.71. The molecule has 0 unspecified atom stereocenters. The highest BCUT2D eigenvalue weighted by molar-refractivity contribution is 6.30. The Labute approximate surface area is 67.1 Å². The van der Waals surface area contributed by atoms with Crippen LogP contribution in [0.1, 0.15) is 19.8 Å².